The van der Waals surface area contributed by atoms with Gasteiger partial charge in [0.2, 0.25) is 5.91 Å². The Morgan fingerprint density at radius 2 is 1.95 bits per heavy atom. The molecule has 4 heteroatoms. The van der Waals surface area contributed by atoms with E-state index in [4.69, 9.17) is 9.47 Å². The highest BCUT2D eigenvalue weighted by atomic mass is 16.5. The molecular weight excluding hydrogens is 278 g/mol. The van der Waals surface area contributed by atoms with Crippen LogP contribution in [-0.2, 0) is 4.79 Å². The SMILES string of the molecule is COc1cc2c(c(OC)c1)C(c1cccc(C)c1)CC(=O)N2. The molecule has 1 amide bonds. The highest BCUT2D eigenvalue weighted by Gasteiger charge is 2.30. The van der Waals surface area contributed by atoms with E-state index in [0.29, 0.717) is 12.2 Å². The molecule has 2 aromatic rings. The van der Waals surface area contributed by atoms with Gasteiger partial charge in [0.1, 0.15) is 11.5 Å². The highest BCUT2D eigenvalue weighted by molar-refractivity contribution is 5.96. The van der Waals surface area contributed by atoms with Crippen molar-refractivity contribution in [3.8, 4) is 11.5 Å². The predicted octanol–water partition coefficient (Wildman–Crippen LogP) is 3.49. The van der Waals surface area contributed by atoms with Crippen molar-refractivity contribution in [2.45, 2.75) is 19.3 Å². The summed E-state index contributed by atoms with van der Waals surface area (Å²) in [6.45, 7) is 2.05. The van der Waals surface area contributed by atoms with Crippen LogP contribution in [0.25, 0.3) is 0 Å². The van der Waals surface area contributed by atoms with Crippen molar-refractivity contribution in [1.82, 2.24) is 0 Å². The lowest BCUT2D eigenvalue weighted by Crippen LogP contribution is -2.24. The number of aryl methyl sites for hydroxylation is 1. The number of hydrogen-bond acceptors (Lipinski definition) is 3. The van der Waals surface area contributed by atoms with E-state index >= 15 is 0 Å². The van der Waals surface area contributed by atoms with Gasteiger partial charge in [0.25, 0.3) is 0 Å². The van der Waals surface area contributed by atoms with Gasteiger partial charge in [-0.15, -0.1) is 0 Å². The number of rotatable bonds is 3. The summed E-state index contributed by atoms with van der Waals surface area (Å²) in [7, 11) is 3.24. The van der Waals surface area contributed by atoms with Gasteiger partial charge in [0, 0.05) is 30.0 Å². The Hall–Kier alpha value is -2.49. The van der Waals surface area contributed by atoms with Gasteiger partial charge < -0.3 is 14.8 Å². The summed E-state index contributed by atoms with van der Waals surface area (Å²) in [4.78, 5) is 12.1. The lowest BCUT2D eigenvalue weighted by molar-refractivity contribution is -0.116. The second-order valence-corrected chi connectivity index (χ2v) is 5.51. The first-order valence-electron chi connectivity index (χ1n) is 7.24. The zero-order valence-electron chi connectivity index (χ0n) is 13.0. The number of carbonyl (C=O) groups excluding carboxylic acids is 1. The Balaban J connectivity index is 2.18. The zero-order chi connectivity index (χ0) is 15.7. The summed E-state index contributed by atoms with van der Waals surface area (Å²) < 4.78 is 10.8. The van der Waals surface area contributed by atoms with Crippen molar-refractivity contribution in [2.75, 3.05) is 19.5 Å². The molecule has 1 aliphatic heterocycles. The van der Waals surface area contributed by atoms with E-state index in [0.717, 1.165) is 22.6 Å². The molecule has 4 nitrogen and oxygen atoms in total. The molecule has 0 saturated heterocycles. The molecule has 1 unspecified atom stereocenters. The van der Waals surface area contributed by atoms with Crippen molar-refractivity contribution in [1.29, 1.82) is 0 Å². The fourth-order valence-electron chi connectivity index (χ4n) is 3.01. The molecular formula is C18H19NO3. The Kier molecular flexibility index (Phi) is 3.75. The maximum Gasteiger partial charge on any atom is 0.225 e. The molecule has 0 aromatic heterocycles. The van der Waals surface area contributed by atoms with Gasteiger partial charge in [-0.3, -0.25) is 4.79 Å². The smallest absolute Gasteiger partial charge is 0.225 e. The number of benzene rings is 2. The van der Waals surface area contributed by atoms with Gasteiger partial charge in [0.15, 0.2) is 0 Å². The Morgan fingerprint density at radius 3 is 2.64 bits per heavy atom. The Labute approximate surface area is 130 Å². The molecule has 1 N–H and O–H groups in total. The lowest BCUT2D eigenvalue weighted by Gasteiger charge is -2.28. The number of hydrogen-bond donors (Lipinski definition) is 1. The summed E-state index contributed by atoms with van der Waals surface area (Å²) in [6, 6.07) is 12.0. The first-order chi connectivity index (χ1) is 10.6. The number of nitrogens with one attached hydrogen (secondary N) is 1. The van der Waals surface area contributed by atoms with Crippen LogP contribution < -0.4 is 14.8 Å². The van der Waals surface area contributed by atoms with E-state index in [9.17, 15) is 4.79 Å². The second-order valence-electron chi connectivity index (χ2n) is 5.51. The molecule has 2 aromatic carbocycles. The third-order valence-corrected chi connectivity index (χ3v) is 4.03. The number of amides is 1. The van der Waals surface area contributed by atoms with Crippen LogP contribution >= 0.6 is 0 Å². The molecule has 3 rings (SSSR count). The number of anilines is 1. The van der Waals surface area contributed by atoms with E-state index in [1.807, 2.05) is 18.2 Å². The van der Waals surface area contributed by atoms with Gasteiger partial charge in [0.05, 0.1) is 19.9 Å². The predicted molar refractivity (Wildman–Crippen MR) is 85.8 cm³/mol. The maximum atomic E-state index is 12.1. The van der Waals surface area contributed by atoms with Crippen LogP contribution in [0.2, 0.25) is 0 Å². The van der Waals surface area contributed by atoms with E-state index in [-0.39, 0.29) is 11.8 Å². The average Bonchev–Trinajstić information content (AvgIpc) is 2.52. The third kappa shape index (κ3) is 2.52. The number of fused-ring (bicyclic) bond motifs is 1. The van der Waals surface area contributed by atoms with Crippen LogP contribution in [-0.4, -0.2) is 20.1 Å². The first kappa shape index (κ1) is 14.4. The third-order valence-electron chi connectivity index (χ3n) is 4.03. The minimum Gasteiger partial charge on any atom is -0.497 e. The fourth-order valence-corrected chi connectivity index (χ4v) is 3.01. The molecule has 0 bridgehead atoms. The van der Waals surface area contributed by atoms with Gasteiger partial charge in [-0.25, -0.2) is 0 Å². The maximum absolute atomic E-state index is 12.1. The lowest BCUT2D eigenvalue weighted by atomic mass is 9.83. The van der Waals surface area contributed by atoms with Crippen molar-refractivity contribution in [3.63, 3.8) is 0 Å². The monoisotopic (exact) mass is 297 g/mol. The quantitative estimate of drug-likeness (QED) is 0.943. The number of ether oxygens (including phenoxy) is 2. The summed E-state index contributed by atoms with van der Waals surface area (Å²) in [5.41, 5.74) is 4.07. The van der Waals surface area contributed by atoms with E-state index in [1.165, 1.54) is 5.56 Å². The molecule has 114 valence electrons. The summed E-state index contributed by atoms with van der Waals surface area (Å²) in [6.07, 6.45) is 0.416. The number of methoxy groups -OCH3 is 2. The Morgan fingerprint density at radius 1 is 1.14 bits per heavy atom. The second kappa shape index (κ2) is 5.72. The molecule has 0 saturated carbocycles. The molecule has 0 aliphatic carbocycles. The fraction of sp³-hybridized carbons (Fsp3) is 0.278. The standard InChI is InChI=1S/C18H19NO3/c1-11-5-4-6-12(7-11)14-10-17(20)19-15-8-13(21-2)9-16(22-3)18(14)15/h4-9,14H,10H2,1-3H3,(H,19,20). The minimum atomic E-state index is -0.00972. The average molecular weight is 297 g/mol. The first-order valence-corrected chi connectivity index (χ1v) is 7.24. The van der Waals surface area contributed by atoms with Crippen molar-refractivity contribution < 1.29 is 14.3 Å². The van der Waals surface area contributed by atoms with Gasteiger partial charge in [-0.05, 0) is 12.5 Å². The normalized spacial score (nSPS) is 16.7. The summed E-state index contributed by atoms with van der Waals surface area (Å²) in [5.74, 6) is 1.40. The van der Waals surface area contributed by atoms with Crippen LogP contribution in [0.4, 0.5) is 5.69 Å². The van der Waals surface area contributed by atoms with Gasteiger partial charge >= 0.3 is 0 Å². The van der Waals surface area contributed by atoms with Crippen LogP contribution in [0, 0.1) is 6.92 Å². The molecule has 1 aliphatic rings. The Bertz CT molecular complexity index is 724. The largest absolute Gasteiger partial charge is 0.497 e. The van der Waals surface area contributed by atoms with E-state index in [2.05, 4.69) is 30.4 Å². The number of carbonyl (C=O) groups is 1. The van der Waals surface area contributed by atoms with Crippen molar-refractivity contribution >= 4 is 11.6 Å². The highest BCUT2D eigenvalue weighted by Crippen LogP contribution is 2.44. The van der Waals surface area contributed by atoms with Gasteiger partial charge in [-0.1, -0.05) is 29.8 Å². The summed E-state index contributed by atoms with van der Waals surface area (Å²) in [5, 5.41) is 2.92. The molecule has 0 fully saturated rings. The van der Waals surface area contributed by atoms with Crippen LogP contribution in [0.5, 0.6) is 11.5 Å². The molecule has 0 spiro atoms. The van der Waals surface area contributed by atoms with Crippen molar-refractivity contribution in [3.05, 3.63) is 53.1 Å². The van der Waals surface area contributed by atoms with Crippen LogP contribution in [0.15, 0.2) is 36.4 Å². The molecule has 22 heavy (non-hydrogen) atoms. The van der Waals surface area contributed by atoms with E-state index < -0.39 is 0 Å². The molecule has 0 radical (unpaired) electrons. The van der Waals surface area contributed by atoms with Gasteiger partial charge in [-0.2, -0.15) is 0 Å². The summed E-state index contributed by atoms with van der Waals surface area (Å²) >= 11 is 0. The zero-order valence-corrected chi connectivity index (χ0v) is 13.0. The van der Waals surface area contributed by atoms with Crippen LogP contribution in [0.3, 0.4) is 0 Å². The molecule has 1 atom stereocenters. The van der Waals surface area contributed by atoms with Crippen molar-refractivity contribution in [2.24, 2.45) is 0 Å². The van der Waals surface area contributed by atoms with Crippen LogP contribution in [0.1, 0.15) is 29.0 Å². The minimum absolute atomic E-state index is 0.00862. The topological polar surface area (TPSA) is 47.6 Å². The molecule has 1 heterocycles. The van der Waals surface area contributed by atoms with E-state index in [1.54, 1.807) is 14.2 Å².